The summed E-state index contributed by atoms with van der Waals surface area (Å²) in [6.07, 6.45) is 1.04. The summed E-state index contributed by atoms with van der Waals surface area (Å²) < 4.78 is 0. The molecule has 17 heavy (non-hydrogen) atoms. The molecule has 3 nitrogen and oxygen atoms in total. The van der Waals surface area contributed by atoms with Crippen molar-refractivity contribution < 1.29 is 0 Å². The van der Waals surface area contributed by atoms with E-state index >= 15 is 0 Å². The van der Waals surface area contributed by atoms with Crippen molar-refractivity contribution in [2.24, 2.45) is 5.73 Å². The van der Waals surface area contributed by atoms with Crippen molar-refractivity contribution in [2.45, 2.75) is 39.7 Å². The van der Waals surface area contributed by atoms with Crippen molar-refractivity contribution in [3.8, 4) is 0 Å². The van der Waals surface area contributed by atoms with Gasteiger partial charge in [-0.1, -0.05) is 13.0 Å². The van der Waals surface area contributed by atoms with Crippen molar-refractivity contribution in [3.63, 3.8) is 0 Å². The Morgan fingerprint density at radius 2 is 2.00 bits per heavy atom. The number of amidine groups is 1. The Morgan fingerprint density at radius 3 is 2.47 bits per heavy atom. The third-order valence-electron chi connectivity index (χ3n) is 3.58. The summed E-state index contributed by atoms with van der Waals surface area (Å²) in [7, 11) is 2.06. The maximum Gasteiger partial charge on any atom is 0.124 e. The van der Waals surface area contributed by atoms with Crippen LogP contribution in [0.5, 0.6) is 0 Å². The molecule has 1 aromatic rings. The number of aryl methyl sites for hydroxylation is 1. The first-order chi connectivity index (χ1) is 7.79. The molecule has 0 aliphatic heterocycles. The number of hydrogen-bond donors (Lipinski definition) is 2. The number of hydrogen-bond acceptors (Lipinski definition) is 2. The lowest BCUT2D eigenvalue weighted by atomic mass is 9.97. The second-order valence-electron chi connectivity index (χ2n) is 5.16. The van der Waals surface area contributed by atoms with E-state index in [1.807, 2.05) is 12.1 Å². The molecule has 0 spiro atoms. The minimum atomic E-state index is 0.0536. The van der Waals surface area contributed by atoms with Crippen molar-refractivity contribution >= 4 is 11.5 Å². The zero-order valence-corrected chi connectivity index (χ0v) is 11.5. The minimum Gasteiger partial charge on any atom is -0.384 e. The molecule has 0 radical (unpaired) electrons. The highest BCUT2D eigenvalue weighted by molar-refractivity contribution is 6.00. The molecule has 0 aliphatic carbocycles. The first-order valence-corrected chi connectivity index (χ1v) is 5.98. The number of rotatable bonds is 4. The van der Waals surface area contributed by atoms with Gasteiger partial charge in [-0.2, -0.15) is 0 Å². The average molecular weight is 233 g/mol. The van der Waals surface area contributed by atoms with E-state index in [1.165, 1.54) is 5.56 Å². The van der Waals surface area contributed by atoms with Gasteiger partial charge in [0.2, 0.25) is 0 Å². The highest BCUT2D eigenvalue weighted by atomic mass is 15.2. The molecule has 0 saturated carbocycles. The third kappa shape index (κ3) is 2.78. The topological polar surface area (TPSA) is 53.1 Å². The summed E-state index contributed by atoms with van der Waals surface area (Å²) >= 11 is 0. The molecular weight excluding hydrogens is 210 g/mol. The molecule has 3 heteroatoms. The SMILES string of the molecule is CCC(C)(C)N(C)c1cc(C)ccc1C(=N)N. The lowest BCUT2D eigenvalue weighted by Crippen LogP contribution is -2.41. The van der Waals surface area contributed by atoms with Crippen LogP contribution in [0.3, 0.4) is 0 Å². The van der Waals surface area contributed by atoms with Gasteiger partial charge in [0.1, 0.15) is 5.84 Å². The number of nitrogens with one attached hydrogen (secondary N) is 1. The van der Waals surface area contributed by atoms with Crippen LogP contribution < -0.4 is 10.6 Å². The summed E-state index contributed by atoms with van der Waals surface area (Å²) in [6, 6.07) is 6.01. The number of benzene rings is 1. The second-order valence-corrected chi connectivity index (χ2v) is 5.16. The zero-order valence-electron chi connectivity index (χ0n) is 11.5. The second kappa shape index (κ2) is 4.78. The molecule has 0 aliphatic rings. The predicted octanol–water partition coefficient (Wildman–Crippen LogP) is 2.90. The van der Waals surface area contributed by atoms with Crippen molar-refractivity contribution in [1.82, 2.24) is 0 Å². The molecule has 0 saturated heterocycles. The van der Waals surface area contributed by atoms with Crippen LogP contribution in [0.1, 0.15) is 38.3 Å². The molecular formula is C14H23N3. The van der Waals surface area contributed by atoms with Crippen LogP contribution >= 0.6 is 0 Å². The summed E-state index contributed by atoms with van der Waals surface area (Å²) in [5.41, 5.74) is 8.72. The van der Waals surface area contributed by atoms with Gasteiger partial charge in [-0.05, 0) is 44.9 Å². The summed E-state index contributed by atoms with van der Waals surface area (Å²) in [5, 5.41) is 7.65. The summed E-state index contributed by atoms with van der Waals surface area (Å²) in [5.74, 6) is 0.124. The van der Waals surface area contributed by atoms with Gasteiger partial charge in [0.25, 0.3) is 0 Å². The highest BCUT2D eigenvalue weighted by Crippen LogP contribution is 2.28. The van der Waals surface area contributed by atoms with E-state index < -0.39 is 0 Å². The Hall–Kier alpha value is -1.51. The maximum absolute atomic E-state index is 7.65. The Labute approximate surface area is 104 Å². The molecule has 0 unspecified atom stereocenters. The van der Waals surface area contributed by atoms with Crippen LogP contribution in [0.2, 0.25) is 0 Å². The van der Waals surface area contributed by atoms with Crippen LogP contribution in [0.4, 0.5) is 5.69 Å². The van der Waals surface area contributed by atoms with E-state index in [2.05, 4.69) is 45.7 Å². The van der Waals surface area contributed by atoms with Gasteiger partial charge in [-0.3, -0.25) is 5.41 Å². The van der Waals surface area contributed by atoms with Crippen LogP contribution in [-0.4, -0.2) is 18.4 Å². The van der Waals surface area contributed by atoms with E-state index in [0.717, 1.165) is 17.7 Å². The fraction of sp³-hybridized carbons (Fsp3) is 0.500. The van der Waals surface area contributed by atoms with Crippen LogP contribution in [0.25, 0.3) is 0 Å². The maximum atomic E-state index is 7.65. The number of nitrogen functional groups attached to an aromatic ring is 1. The molecule has 3 N–H and O–H groups in total. The molecule has 94 valence electrons. The largest absolute Gasteiger partial charge is 0.384 e. The number of nitrogens with two attached hydrogens (primary N) is 1. The van der Waals surface area contributed by atoms with Crippen LogP contribution in [0, 0.1) is 12.3 Å². The lowest BCUT2D eigenvalue weighted by molar-refractivity contribution is 0.470. The van der Waals surface area contributed by atoms with Crippen LogP contribution in [-0.2, 0) is 0 Å². The van der Waals surface area contributed by atoms with Crippen molar-refractivity contribution in [1.29, 1.82) is 5.41 Å². The van der Waals surface area contributed by atoms with E-state index in [9.17, 15) is 0 Å². The Morgan fingerprint density at radius 1 is 1.41 bits per heavy atom. The average Bonchev–Trinajstić information content (AvgIpc) is 2.27. The van der Waals surface area contributed by atoms with E-state index in [4.69, 9.17) is 11.1 Å². The minimum absolute atomic E-state index is 0.0536. The molecule has 1 rings (SSSR count). The molecule has 0 aromatic heterocycles. The quantitative estimate of drug-likeness (QED) is 0.620. The molecule has 0 heterocycles. The molecule has 1 aromatic carbocycles. The van der Waals surface area contributed by atoms with Gasteiger partial charge < -0.3 is 10.6 Å². The smallest absolute Gasteiger partial charge is 0.124 e. The molecule has 0 fully saturated rings. The standard InChI is InChI=1S/C14H23N3/c1-6-14(3,4)17(5)12-9-10(2)7-8-11(12)13(15)16/h7-9H,6H2,1-5H3,(H3,15,16). The zero-order chi connectivity index (χ0) is 13.2. The summed E-state index contributed by atoms with van der Waals surface area (Å²) in [6.45, 7) is 8.61. The lowest BCUT2D eigenvalue weighted by Gasteiger charge is -2.38. The fourth-order valence-electron chi connectivity index (χ4n) is 1.71. The Balaban J connectivity index is 3.29. The van der Waals surface area contributed by atoms with Crippen LogP contribution in [0.15, 0.2) is 18.2 Å². The Kier molecular flexibility index (Phi) is 3.81. The third-order valence-corrected chi connectivity index (χ3v) is 3.58. The number of nitrogens with zero attached hydrogens (tertiary/aromatic N) is 1. The van der Waals surface area contributed by atoms with E-state index in [-0.39, 0.29) is 11.4 Å². The van der Waals surface area contributed by atoms with Crippen molar-refractivity contribution in [3.05, 3.63) is 29.3 Å². The molecule has 0 atom stereocenters. The van der Waals surface area contributed by atoms with Gasteiger partial charge in [0.15, 0.2) is 0 Å². The fourth-order valence-corrected chi connectivity index (χ4v) is 1.71. The highest BCUT2D eigenvalue weighted by Gasteiger charge is 2.23. The summed E-state index contributed by atoms with van der Waals surface area (Å²) in [4.78, 5) is 2.21. The Bertz CT molecular complexity index is 421. The first-order valence-electron chi connectivity index (χ1n) is 5.98. The monoisotopic (exact) mass is 233 g/mol. The normalized spacial score (nSPS) is 11.4. The van der Waals surface area contributed by atoms with Gasteiger partial charge in [-0.25, -0.2) is 0 Å². The predicted molar refractivity (Wildman–Crippen MR) is 75.0 cm³/mol. The first kappa shape index (κ1) is 13.6. The van der Waals surface area contributed by atoms with E-state index in [1.54, 1.807) is 0 Å². The molecule has 0 bridgehead atoms. The van der Waals surface area contributed by atoms with Gasteiger partial charge in [-0.15, -0.1) is 0 Å². The molecule has 0 amide bonds. The van der Waals surface area contributed by atoms with Crippen molar-refractivity contribution in [2.75, 3.05) is 11.9 Å². The van der Waals surface area contributed by atoms with Gasteiger partial charge in [0.05, 0.1) is 0 Å². The van der Waals surface area contributed by atoms with Gasteiger partial charge >= 0.3 is 0 Å². The number of anilines is 1. The van der Waals surface area contributed by atoms with E-state index in [0.29, 0.717) is 0 Å². The van der Waals surface area contributed by atoms with Gasteiger partial charge in [0, 0.05) is 23.8 Å².